The predicted molar refractivity (Wildman–Crippen MR) is 67.4 cm³/mol. The highest BCUT2D eigenvalue weighted by molar-refractivity contribution is 5.75. The molecule has 0 aliphatic rings. The van der Waals surface area contributed by atoms with Gasteiger partial charge in [0.25, 0.3) is 0 Å². The third kappa shape index (κ3) is 5.08. The number of carbonyl (C=O) groups excluding carboxylic acids is 1. The second kappa shape index (κ2) is 7.18. The first-order valence-electron chi connectivity index (χ1n) is 6.00. The van der Waals surface area contributed by atoms with Crippen molar-refractivity contribution >= 4 is 5.78 Å². The predicted octanol–water partition coefficient (Wildman–Crippen LogP) is 2.71. The van der Waals surface area contributed by atoms with Gasteiger partial charge in [-0.15, -0.1) is 0 Å². The topological polar surface area (TPSA) is 29.1 Å². The minimum absolute atomic E-state index is 0.241. The number of Topliss-reactive ketones (excluding diaryl/α,β-unsaturated/α-hetero) is 1. The summed E-state index contributed by atoms with van der Waals surface area (Å²) < 4.78 is 0. The number of aryl methyl sites for hydroxylation is 1. The molecule has 0 bridgehead atoms. The maximum absolute atomic E-state index is 10.7. The fourth-order valence-corrected chi connectivity index (χ4v) is 1.61. The molecular weight excluding hydrogens is 198 g/mol. The molecule has 1 aromatic carbocycles. The number of carbonyl (C=O) groups is 1. The van der Waals surface area contributed by atoms with Gasteiger partial charge in [0.1, 0.15) is 5.78 Å². The van der Waals surface area contributed by atoms with Gasteiger partial charge < -0.3 is 5.32 Å². The van der Waals surface area contributed by atoms with Crippen LogP contribution in [0.5, 0.6) is 0 Å². The summed E-state index contributed by atoms with van der Waals surface area (Å²) >= 11 is 0. The number of rotatable bonds is 7. The molecule has 0 radical (unpaired) electrons. The Morgan fingerprint density at radius 2 is 1.81 bits per heavy atom. The van der Waals surface area contributed by atoms with Gasteiger partial charge in [0.05, 0.1) is 0 Å². The number of ketones is 1. The van der Waals surface area contributed by atoms with Crippen molar-refractivity contribution < 1.29 is 4.79 Å². The van der Waals surface area contributed by atoms with Gasteiger partial charge >= 0.3 is 0 Å². The minimum atomic E-state index is 0.241. The van der Waals surface area contributed by atoms with E-state index in [1.54, 1.807) is 6.92 Å². The van der Waals surface area contributed by atoms with E-state index in [-0.39, 0.29) is 5.78 Å². The number of hydrogen-bond donors (Lipinski definition) is 1. The Morgan fingerprint density at radius 1 is 1.19 bits per heavy atom. The van der Waals surface area contributed by atoms with Gasteiger partial charge in [-0.2, -0.15) is 0 Å². The van der Waals surface area contributed by atoms with Gasteiger partial charge in [0.15, 0.2) is 0 Å². The lowest BCUT2D eigenvalue weighted by Crippen LogP contribution is -2.16. The molecule has 2 nitrogen and oxygen atoms in total. The molecule has 0 spiro atoms. The molecule has 1 N–H and O–H groups in total. The standard InChI is InChI=1S/C14H21NO/c1-3-4-13-5-7-14(8-6-13)11-15-10-9-12(2)16/h5-8,15H,3-4,9-11H2,1-2H3. The van der Waals surface area contributed by atoms with Crippen LogP contribution in [0.4, 0.5) is 0 Å². The quantitative estimate of drug-likeness (QED) is 0.714. The summed E-state index contributed by atoms with van der Waals surface area (Å²) in [7, 11) is 0. The molecule has 0 atom stereocenters. The molecule has 0 aliphatic carbocycles. The van der Waals surface area contributed by atoms with Crippen molar-refractivity contribution in [2.24, 2.45) is 0 Å². The maximum atomic E-state index is 10.7. The van der Waals surface area contributed by atoms with Crippen LogP contribution in [0.3, 0.4) is 0 Å². The molecular formula is C14H21NO. The van der Waals surface area contributed by atoms with E-state index in [2.05, 4.69) is 36.5 Å². The molecule has 0 aliphatic heterocycles. The van der Waals surface area contributed by atoms with Crippen LogP contribution in [0.2, 0.25) is 0 Å². The highest BCUT2D eigenvalue weighted by Crippen LogP contribution is 2.06. The largest absolute Gasteiger partial charge is 0.312 e. The first-order valence-corrected chi connectivity index (χ1v) is 6.00. The molecule has 0 amide bonds. The smallest absolute Gasteiger partial charge is 0.131 e. The average molecular weight is 219 g/mol. The SMILES string of the molecule is CCCc1ccc(CNCCC(C)=O)cc1. The molecule has 0 unspecified atom stereocenters. The van der Waals surface area contributed by atoms with Gasteiger partial charge in [0.2, 0.25) is 0 Å². The van der Waals surface area contributed by atoms with E-state index >= 15 is 0 Å². The Hall–Kier alpha value is -1.15. The van der Waals surface area contributed by atoms with Crippen molar-refractivity contribution in [2.75, 3.05) is 6.54 Å². The van der Waals surface area contributed by atoms with Crippen molar-refractivity contribution in [2.45, 2.75) is 39.7 Å². The molecule has 0 fully saturated rings. The highest BCUT2D eigenvalue weighted by Gasteiger charge is 1.95. The fraction of sp³-hybridized carbons (Fsp3) is 0.500. The van der Waals surface area contributed by atoms with Crippen LogP contribution in [0.15, 0.2) is 24.3 Å². The third-order valence-electron chi connectivity index (χ3n) is 2.54. The first-order chi connectivity index (χ1) is 7.72. The highest BCUT2D eigenvalue weighted by atomic mass is 16.1. The molecule has 0 saturated carbocycles. The van der Waals surface area contributed by atoms with Crippen LogP contribution in [-0.4, -0.2) is 12.3 Å². The molecule has 1 rings (SSSR count). The Bertz CT molecular complexity index is 316. The van der Waals surface area contributed by atoms with E-state index in [1.165, 1.54) is 17.5 Å². The maximum Gasteiger partial charge on any atom is 0.131 e. The van der Waals surface area contributed by atoms with Crippen LogP contribution in [0.1, 0.15) is 37.8 Å². The second-order valence-corrected chi connectivity index (χ2v) is 4.20. The molecule has 16 heavy (non-hydrogen) atoms. The second-order valence-electron chi connectivity index (χ2n) is 4.20. The monoisotopic (exact) mass is 219 g/mol. The zero-order valence-corrected chi connectivity index (χ0v) is 10.3. The van der Waals surface area contributed by atoms with E-state index in [4.69, 9.17) is 0 Å². The van der Waals surface area contributed by atoms with E-state index in [9.17, 15) is 4.79 Å². The molecule has 1 aromatic rings. The van der Waals surface area contributed by atoms with Crippen molar-refractivity contribution in [1.82, 2.24) is 5.32 Å². The van der Waals surface area contributed by atoms with Crippen molar-refractivity contribution in [3.63, 3.8) is 0 Å². The van der Waals surface area contributed by atoms with Crippen LogP contribution < -0.4 is 5.32 Å². The molecule has 0 heterocycles. The van der Waals surface area contributed by atoms with Crippen LogP contribution in [-0.2, 0) is 17.8 Å². The Kier molecular flexibility index (Phi) is 5.79. The summed E-state index contributed by atoms with van der Waals surface area (Å²) in [6.07, 6.45) is 2.96. The lowest BCUT2D eigenvalue weighted by Gasteiger charge is -2.05. The van der Waals surface area contributed by atoms with E-state index in [0.29, 0.717) is 6.42 Å². The summed E-state index contributed by atoms with van der Waals surface area (Å²) in [6.45, 7) is 5.43. The minimum Gasteiger partial charge on any atom is -0.312 e. The van der Waals surface area contributed by atoms with Gasteiger partial charge in [-0.05, 0) is 24.5 Å². The van der Waals surface area contributed by atoms with E-state index in [0.717, 1.165) is 19.5 Å². The fourth-order valence-electron chi connectivity index (χ4n) is 1.61. The summed E-state index contributed by atoms with van der Waals surface area (Å²) in [4.78, 5) is 10.7. The van der Waals surface area contributed by atoms with Gasteiger partial charge in [-0.25, -0.2) is 0 Å². The summed E-state index contributed by atoms with van der Waals surface area (Å²) in [5.74, 6) is 0.241. The average Bonchev–Trinajstić information content (AvgIpc) is 2.27. The molecule has 0 saturated heterocycles. The van der Waals surface area contributed by atoms with Crippen molar-refractivity contribution in [3.05, 3.63) is 35.4 Å². The van der Waals surface area contributed by atoms with Crippen molar-refractivity contribution in [1.29, 1.82) is 0 Å². The first kappa shape index (κ1) is 12.9. The lowest BCUT2D eigenvalue weighted by molar-refractivity contribution is -0.116. The zero-order chi connectivity index (χ0) is 11.8. The number of hydrogen-bond acceptors (Lipinski definition) is 2. The van der Waals surface area contributed by atoms with Crippen LogP contribution >= 0.6 is 0 Å². The Morgan fingerprint density at radius 3 is 2.38 bits per heavy atom. The van der Waals surface area contributed by atoms with Crippen molar-refractivity contribution in [3.8, 4) is 0 Å². The normalized spacial score (nSPS) is 10.4. The summed E-state index contributed by atoms with van der Waals surface area (Å²) in [6, 6.07) is 8.69. The summed E-state index contributed by atoms with van der Waals surface area (Å²) in [5.41, 5.74) is 2.68. The number of nitrogens with one attached hydrogen (secondary N) is 1. The Labute approximate surface area is 98.1 Å². The summed E-state index contributed by atoms with van der Waals surface area (Å²) in [5, 5.41) is 3.26. The number of benzene rings is 1. The van der Waals surface area contributed by atoms with Gasteiger partial charge in [0, 0.05) is 19.5 Å². The molecule has 0 aromatic heterocycles. The van der Waals surface area contributed by atoms with Crippen LogP contribution in [0.25, 0.3) is 0 Å². The van der Waals surface area contributed by atoms with E-state index in [1.807, 2.05) is 0 Å². The van der Waals surface area contributed by atoms with E-state index < -0.39 is 0 Å². The molecule has 2 heteroatoms. The van der Waals surface area contributed by atoms with Crippen LogP contribution in [0, 0.1) is 0 Å². The van der Waals surface area contributed by atoms with Gasteiger partial charge in [-0.1, -0.05) is 37.6 Å². The Balaban J connectivity index is 2.29. The lowest BCUT2D eigenvalue weighted by atomic mass is 10.1. The molecule has 88 valence electrons. The van der Waals surface area contributed by atoms with Gasteiger partial charge in [-0.3, -0.25) is 4.79 Å². The zero-order valence-electron chi connectivity index (χ0n) is 10.3. The third-order valence-corrected chi connectivity index (χ3v) is 2.54.